The number of nitrogens with two attached hydrogens (primary N) is 4. The van der Waals surface area contributed by atoms with Crippen molar-refractivity contribution < 1.29 is 0 Å². The first-order chi connectivity index (χ1) is 22.5. The van der Waals surface area contributed by atoms with Crippen LogP contribution in [0.15, 0.2) is 170 Å². The normalized spacial score (nSPS) is 10.5. The predicted molar refractivity (Wildman–Crippen MR) is 202 cm³/mol. The highest BCUT2D eigenvalue weighted by Gasteiger charge is 2.07. The van der Waals surface area contributed by atoms with Crippen molar-refractivity contribution in [3.8, 4) is 0 Å². The maximum Gasteiger partial charge on any atom is 0.0393 e. The van der Waals surface area contributed by atoms with Gasteiger partial charge in [-0.05, 0) is 90.9 Å². The van der Waals surface area contributed by atoms with Crippen LogP contribution in [-0.4, -0.2) is 0 Å². The predicted octanol–water partition coefficient (Wildman–Crippen LogP) is 10.3. The first-order valence-corrected chi connectivity index (χ1v) is 15.2. The zero-order valence-electron chi connectivity index (χ0n) is 25.5. The molecule has 9 aromatic rings. The van der Waals surface area contributed by atoms with Gasteiger partial charge < -0.3 is 22.9 Å². The quantitative estimate of drug-likeness (QED) is 0.103. The average Bonchev–Trinajstić information content (AvgIpc) is 3.08. The third-order valence-corrected chi connectivity index (χ3v) is 7.88. The summed E-state index contributed by atoms with van der Waals surface area (Å²) in [5.74, 6) is 0. The molecule has 8 N–H and O–H groups in total. The third kappa shape index (κ3) is 6.77. The molecule has 4 heteroatoms. The van der Waals surface area contributed by atoms with Crippen LogP contribution < -0.4 is 22.9 Å². The van der Waals surface area contributed by atoms with Gasteiger partial charge in [-0.25, -0.2) is 0 Å². The van der Waals surface area contributed by atoms with E-state index in [4.69, 9.17) is 22.9 Å². The lowest BCUT2D eigenvalue weighted by molar-refractivity contribution is 1.69. The Bertz CT molecular complexity index is 2290. The Morgan fingerprint density at radius 2 is 0.717 bits per heavy atom. The van der Waals surface area contributed by atoms with Crippen molar-refractivity contribution in [2.45, 2.75) is 0 Å². The first-order valence-electron chi connectivity index (χ1n) is 15.2. The highest BCUT2D eigenvalue weighted by molar-refractivity contribution is 6.23. The highest BCUT2D eigenvalue weighted by atomic mass is 14.6. The molecular formula is C42H36N4. The van der Waals surface area contributed by atoms with E-state index in [1.54, 1.807) is 0 Å². The standard InChI is InChI=1S/C16H11N.2C10H9N.C6H7N/c17-14-8-12-6-4-10-2-1-3-11-5-7-13(9-14)16(12)15(10)11;11-10-7-3-5-8-4-1-2-6-9(8)10;11-10-6-5-8-3-1-2-4-9(8)7-10;7-6-4-2-1-3-5-6/h1-9H,17H2;2*1-7H,11H2;1-5H,7H2. The minimum absolute atomic E-state index is 0.822. The lowest BCUT2D eigenvalue weighted by Gasteiger charge is -2.10. The lowest BCUT2D eigenvalue weighted by Crippen LogP contribution is -1.87. The van der Waals surface area contributed by atoms with Crippen LogP contribution in [0.5, 0.6) is 0 Å². The van der Waals surface area contributed by atoms with Crippen LogP contribution in [0, 0.1) is 0 Å². The Morgan fingerprint density at radius 3 is 1.35 bits per heavy atom. The molecule has 0 atom stereocenters. The molecule has 0 spiro atoms. The minimum atomic E-state index is 0.822. The van der Waals surface area contributed by atoms with Crippen molar-refractivity contribution >= 4 is 76.6 Å². The molecule has 0 fully saturated rings. The fourth-order valence-electron chi connectivity index (χ4n) is 5.69. The Morgan fingerprint density at radius 1 is 0.261 bits per heavy atom. The van der Waals surface area contributed by atoms with Crippen LogP contribution in [0.3, 0.4) is 0 Å². The molecule has 9 aromatic carbocycles. The lowest BCUT2D eigenvalue weighted by atomic mass is 9.94. The van der Waals surface area contributed by atoms with Gasteiger partial charge in [-0.2, -0.15) is 0 Å². The summed E-state index contributed by atoms with van der Waals surface area (Å²) in [6.45, 7) is 0. The van der Waals surface area contributed by atoms with Gasteiger partial charge in [0, 0.05) is 28.1 Å². The van der Waals surface area contributed by atoms with Gasteiger partial charge in [0.05, 0.1) is 0 Å². The van der Waals surface area contributed by atoms with Crippen molar-refractivity contribution in [3.63, 3.8) is 0 Å². The summed E-state index contributed by atoms with van der Waals surface area (Å²) in [6, 6.07) is 56.8. The molecule has 4 nitrogen and oxygen atoms in total. The van der Waals surface area contributed by atoms with Crippen LogP contribution in [0.2, 0.25) is 0 Å². The largest absolute Gasteiger partial charge is 0.399 e. The summed E-state index contributed by atoms with van der Waals surface area (Å²) in [5, 5.41) is 12.5. The first kappa shape index (κ1) is 29.8. The highest BCUT2D eigenvalue weighted by Crippen LogP contribution is 2.35. The van der Waals surface area contributed by atoms with Crippen LogP contribution in [0.1, 0.15) is 0 Å². The number of benzene rings is 9. The molecular weight excluding hydrogens is 560 g/mol. The molecule has 0 saturated heterocycles. The summed E-state index contributed by atoms with van der Waals surface area (Å²) >= 11 is 0. The van der Waals surface area contributed by atoms with Crippen LogP contribution >= 0.6 is 0 Å². The van der Waals surface area contributed by atoms with Crippen molar-refractivity contribution in [1.29, 1.82) is 0 Å². The fourth-order valence-corrected chi connectivity index (χ4v) is 5.69. The van der Waals surface area contributed by atoms with Crippen molar-refractivity contribution in [1.82, 2.24) is 0 Å². The van der Waals surface area contributed by atoms with Crippen molar-refractivity contribution in [3.05, 3.63) is 170 Å². The van der Waals surface area contributed by atoms with E-state index >= 15 is 0 Å². The van der Waals surface area contributed by atoms with E-state index in [1.165, 1.54) is 48.5 Å². The molecule has 0 heterocycles. The number of anilines is 4. The minimum Gasteiger partial charge on any atom is -0.399 e. The zero-order chi connectivity index (χ0) is 31.9. The Labute approximate surface area is 268 Å². The van der Waals surface area contributed by atoms with Gasteiger partial charge in [0.1, 0.15) is 0 Å². The second-order valence-corrected chi connectivity index (χ2v) is 11.1. The average molecular weight is 597 g/mol. The van der Waals surface area contributed by atoms with E-state index in [-0.39, 0.29) is 0 Å². The Balaban J connectivity index is 0.000000113. The van der Waals surface area contributed by atoms with Gasteiger partial charge in [0.15, 0.2) is 0 Å². The van der Waals surface area contributed by atoms with Gasteiger partial charge in [0.25, 0.3) is 0 Å². The van der Waals surface area contributed by atoms with E-state index in [0.29, 0.717) is 0 Å². The van der Waals surface area contributed by atoms with Crippen molar-refractivity contribution in [2.24, 2.45) is 0 Å². The number of hydrogen-bond donors (Lipinski definition) is 4. The Kier molecular flexibility index (Phi) is 8.80. The summed E-state index contributed by atoms with van der Waals surface area (Å²) in [6.07, 6.45) is 0. The summed E-state index contributed by atoms with van der Waals surface area (Å²) < 4.78 is 0. The summed E-state index contributed by atoms with van der Waals surface area (Å²) in [5.41, 5.74) is 26.0. The molecule has 46 heavy (non-hydrogen) atoms. The molecule has 0 aliphatic heterocycles. The van der Waals surface area contributed by atoms with Crippen LogP contribution in [-0.2, 0) is 0 Å². The smallest absolute Gasteiger partial charge is 0.0393 e. The van der Waals surface area contributed by atoms with Gasteiger partial charge in [-0.3, -0.25) is 0 Å². The van der Waals surface area contributed by atoms with E-state index in [2.05, 4.69) is 66.7 Å². The van der Waals surface area contributed by atoms with E-state index < -0.39 is 0 Å². The second-order valence-electron chi connectivity index (χ2n) is 11.1. The molecule has 0 aliphatic rings. The molecule has 0 amide bonds. The molecule has 224 valence electrons. The Hall–Kier alpha value is -6.26. The number of rotatable bonds is 0. The number of nitrogen functional groups attached to an aromatic ring is 4. The molecule has 0 radical (unpaired) electrons. The third-order valence-electron chi connectivity index (χ3n) is 7.88. The fraction of sp³-hybridized carbons (Fsp3) is 0. The molecule has 0 bridgehead atoms. The van der Waals surface area contributed by atoms with E-state index in [1.807, 2.05) is 103 Å². The van der Waals surface area contributed by atoms with Crippen molar-refractivity contribution in [2.75, 3.05) is 22.9 Å². The molecule has 0 saturated carbocycles. The zero-order valence-corrected chi connectivity index (χ0v) is 25.5. The molecule has 9 rings (SSSR count). The van der Waals surface area contributed by atoms with Gasteiger partial charge in [0.2, 0.25) is 0 Å². The van der Waals surface area contributed by atoms with Crippen LogP contribution in [0.25, 0.3) is 53.9 Å². The van der Waals surface area contributed by atoms with Crippen LogP contribution in [0.4, 0.5) is 22.7 Å². The van der Waals surface area contributed by atoms with E-state index in [0.717, 1.165) is 28.1 Å². The topological polar surface area (TPSA) is 104 Å². The summed E-state index contributed by atoms with van der Waals surface area (Å²) in [4.78, 5) is 0. The maximum absolute atomic E-state index is 5.93. The number of para-hydroxylation sites is 1. The summed E-state index contributed by atoms with van der Waals surface area (Å²) in [7, 11) is 0. The molecule has 0 aromatic heterocycles. The molecule has 0 unspecified atom stereocenters. The monoisotopic (exact) mass is 596 g/mol. The maximum atomic E-state index is 5.93. The SMILES string of the molecule is Nc1cc2ccc3cccc4ccc(c1)c2c34.Nc1ccc2ccccc2c1.Nc1cccc2ccccc12.Nc1ccccc1. The van der Waals surface area contributed by atoms with Gasteiger partial charge in [-0.1, -0.05) is 127 Å². The van der Waals surface area contributed by atoms with Gasteiger partial charge in [-0.15, -0.1) is 0 Å². The van der Waals surface area contributed by atoms with Gasteiger partial charge >= 0.3 is 0 Å². The van der Waals surface area contributed by atoms with E-state index in [9.17, 15) is 0 Å². The molecule has 0 aliphatic carbocycles. The second kappa shape index (κ2) is 13.6. The number of hydrogen-bond acceptors (Lipinski definition) is 4. The number of fused-ring (bicyclic) bond motifs is 2.